The highest BCUT2D eigenvalue weighted by atomic mass is 16.5. The molecule has 0 saturated carbocycles. The molecular weight excluding hydrogens is 380 g/mol. The molecule has 3 heterocycles. The highest BCUT2D eigenvalue weighted by Crippen LogP contribution is 2.33. The van der Waals surface area contributed by atoms with Crippen molar-refractivity contribution in [3.05, 3.63) is 52.9 Å². The Labute approximate surface area is 175 Å². The van der Waals surface area contributed by atoms with E-state index in [1.165, 1.54) is 0 Å². The van der Waals surface area contributed by atoms with Crippen molar-refractivity contribution in [1.82, 2.24) is 24.7 Å². The fourth-order valence-corrected chi connectivity index (χ4v) is 3.58. The maximum Gasteiger partial charge on any atom is 0.245 e. The van der Waals surface area contributed by atoms with Gasteiger partial charge in [-0.15, -0.1) is 0 Å². The number of hydrogen-bond donors (Lipinski definition) is 1. The topological polar surface area (TPSA) is 90.4 Å². The maximum absolute atomic E-state index is 5.35. The Morgan fingerprint density at radius 3 is 2.70 bits per heavy atom. The number of fused-ring (bicyclic) bond motifs is 1. The lowest BCUT2D eigenvalue weighted by atomic mass is 10.0. The molecule has 0 radical (unpaired) electrons. The van der Waals surface area contributed by atoms with E-state index in [0.717, 1.165) is 64.0 Å². The third kappa shape index (κ3) is 3.72. The van der Waals surface area contributed by atoms with Gasteiger partial charge in [0.25, 0.3) is 0 Å². The Hall–Kier alpha value is -3.42. The lowest BCUT2D eigenvalue weighted by molar-refractivity contribution is 0.377. The summed E-state index contributed by atoms with van der Waals surface area (Å²) in [5.74, 6) is 2.95. The monoisotopic (exact) mass is 406 g/mol. The molecule has 0 spiro atoms. The van der Waals surface area contributed by atoms with Crippen molar-refractivity contribution < 1.29 is 9.26 Å². The van der Waals surface area contributed by atoms with Crippen molar-refractivity contribution in [2.24, 2.45) is 0 Å². The fourth-order valence-electron chi connectivity index (χ4n) is 3.58. The number of hydrogen-bond acceptors (Lipinski definition) is 7. The van der Waals surface area contributed by atoms with Gasteiger partial charge < -0.3 is 14.6 Å². The molecule has 0 amide bonds. The number of aryl methyl sites for hydroxylation is 4. The van der Waals surface area contributed by atoms with Gasteiger partial charge in [0.05, 0.1) is 19.3 Å². The molecule has 0 aliphatic rings. The van der Waals surface area contributed by atoms with E-state index < -0.39 is 0 Å². The Morgan fingerprint density at radius 2 is 1.97 bits per heavy atom. The number of nitrogens with one attached hydrogen (secondary N) is 1. The highest BCUT2D eigenvalue weighted by Gasteiger charge is 2.18. The lowest BCUT2D eigenvalue weighted by Gasteiger charge is -2.10. The summed E-state index contributed by atoms with van der Waals surface area (Å²) < 4.78 is 12.5. The summed E-state index contributed by atoms with van der Waals surface area (Å²) in [6.07, 6.45) is 1.79. The van der Waals surface area contributed by atoms with Gasteiger partial charge in [0.1, 0.15) is 11.6 Å². The second-order valence-corrected chi connectivity index (χ2v) is 7.37. The molecule has 156 valence electrons. The number of methoxy groups -OCH3 is 1. The Kier molecular flexibility index (Phi) is 5.39. The van der Waals surface area contributed by atoms with Crippen LogP contribution < -0.4 is 10.1 Å². The van der Waals surface area contributed by atoms with Crippen LogP contribution in [0.3, 0.4) is 0 Å². The quantitative estimate of drug-likeness (QED) is 0.490. The van der Waals surface area contributed by atoms with Gasteiger partial charge in [-0.3, -0.25) is 0 Å². The SMILES string of the molecule is CCCc1noc(CNc2cc(C)nc3c(-c4ccc(OC)cc4C)c(C)nn23)n1. The summed E-state index contributed by atoms with van der Waals surface area (Å²) in [4.78, 5) is 9.20. The Balaban J connectivity index is 1.71. The van der Waals surface area contributed by atoms with Crippen LogP contribution in [-0.2, 0) is 13.0 Å². The molecule has 0 bridgehead atoms. The first-order valence-electron chi connectivity index (χ1n) is 10.1. The van der Waals surface area contributed by atoms with Crippen molar-refractivity contribution in [2.75, 3.05) is 12.4 Å². The standard InChI is InChI=1S/C22H26N6O2/c1-6-7-18-25-20(30-27-18)12-23-19-11-14(3)24-22-21(15(4)26-28(19)22)17-9-8-16(29-5)10-13(17)2/h8-11,23H,6-7,12H2,1-5H3. The van der Waals surface area contributed by atoms with E-state index in [1.54, 1.807) is 7.11 Å². The molecule has 0 unspecified atom stereocenters. The molecule has 4 aromatic rings. The van der Waals surface area contributed by atoms with Gasteiger partial charge in [-0.2, -0.15) is 14.6 Å². The maximum atomic E-state index is 5.35. The number of benzene rings is 1. The van der Waals surface area contributed by atoms with Crippen LogP contribution in [0.15, 0.2) is 28.8 Å². The zero-order valence-corrected chi connectivity index (χ0v) is 18.0. The fraction of sp³-hybridized carbons (Fsp3) is 0.364. The molecule has 0 atom stereocenters. The van der Waals surface area contributed by atoms with Crippen LogP contribution in [0, 0.1) is 20.8 Å². The summed E-state index contributed by atoms with van der Waals surface area (Å²) in [5.41, 5.74) is 5.83. The van der Waals surface area contributed by atoms with Crippen molar-refractivity contribution in [3.63, 3.8) is 0 Å². The van der Waals surface area contributed by atoms with Crippen LogP contribution in [0.1, 0.15) is 42.0 Å². The molecule has 0 fully saturated rings. The summed E-state index contributed by atoms with van der Waals surface area (Å²) >= 11 is 0. The average molecular weight is 406 g/mol. The van der Waals surface area contributed by atoms with Crippen LogP contribution in [0.2, 0.25) is 0 Å². The van der Waals surface area contributed by atoms with Crippen molar-refractivity contribution in [2.45, 2.75) is 47.1 Å². The minimum absolute atomic E-state index is 0.422. The van der Waals surface area contributed by atoms with Crippen LogP contribution >= 0.6 is 0 Å². The molecule has 8 nitrogen and oxygen atoms in total. The van der Waals surface area contributed by atoms with Gasteiger partial charge in [-0.05, 0) is 50.5 Å². The van der Waals surface area contributed by atoms with E-state index in [9.17, 15) is 0 Å². The Bertz CT molecular complexity index is 1190. The summed E-state index contributed by atoms with van der Waals surface area (Å²) in [6.45, 7) is 8.56. The van der Waals surface area contributed by atoms with Crippen LogP contribution in [-0.4, -0.2) is 31.8 Å². The molecule has 1 N–H and O–H groups in total. The summed E-state index contributed by atoms with van der Waals surface area (Å²) in [6, 6.07) is 8.01. The molecule has 0 saturated heterocycles. The normalized spacial score (nSPS) is 11.2. The highest BCUT2D eigenvalue weighted by molar-refractivity contribution is 5.83. The van der Waals surface area contributed by atoms with Crippen LogP contribution in [0.5, 0.6) is 5.75 Å². The zero-order chi connectivity index (χ0) is 21.3. The number of rotatable bonds is 7. The van der Waals surface area contributed by atoms with Gasteiger partial charge >= 0.3 is 0 Å². The van der Waals surface area contributed by atoms with Gasteiger partial charge in [-0.1, -0.05) is 18.1 Å². The third-order valence-electron chi connectivity index (χ3n) is 5.00. The first-order valence-corrected chi connectivity index (χ1v) is 10.1. The average Bonchev–Trinajstić information content (AvgIpc) is 3.30. The predicted octanol–water partition coefficient (Wildman–Crippen LogP) is 4.28. The summed E-state index contributed by atoms with van der Waals surface area (Å²) in [7, 11) is 1.67. The number of aromatic nitrogens is 5. The molecule has 0 aliphatic heterocycles. The zero-order valence-electron chi connectivity index (χ0n) is 18.0. The molecule has 4 rings (SSSR count). The Morgan fingerprint density at radius 1 is 1.13 bits per heavy atom. The third-order valence-corrected chi connectivity index (χ3v) is 5.00. The van der Waals surface area contributed by atoms with Gasteiger partial charge in [0, 0.05) is 23.7 Å². The number of ether oxygens (including phenoxy) is 1. The summed E-state index contributed by atoms with van der Waals surface area (Å²) in [5, 5.41) is 12.1. The van der Waals surface area contributed by atoms with E-state index in [1.807, 2.05) is 36.6 Å². The molecule has 30 heavy (non-hydrogen) atoms. The number of nitrogens with zero attached hydrogens (tertiary/aromatic N) is 5. The van der Waals surface area contributed by atoms with E-state index in [0.29, 0.717) is 12.4 Å². The minimum atomic E-state index is 0.422. The minimum Gasteiger partial charge on any atom is -0.497 e. The first-order chi connectivity index (χ1) is 14.5. The second kappa shape index (κ2) is 8.14. The van der Waals surface area contributed by atoms with E-state index in [-0.39, 0.29) is 0 Å². The van der Waals surface area contributed by atoms with E-state index in [4.69, 9.17) is 19.3 Å². The molecule has 8 heteroatoms. The molecule has 0 aliphatic carbocycles. The van der Waals surface area contributed by atoms with Gasteiger partial charge in [0.15, 0.2) is 11.5 Å². The lowest BCUT2D eigenvalue weighted by Crippen LogP contribution is -2.07. The van der Waals surface area contributed by atoms with E-state index >= 15 is 0 Å². The van der Waals surface area contributed by atoms with Crippen molar-refractivity contribution >= 4 is 11.5 Å². The van der Waals surface area contributed by atoms with Gasteiger partial charge in [0.2, 0.25) is 5.89 Å². The smallest absolute Gasteiger partial charge is 0.245 e. The first kappa shape index (κ1) is 19.9. The number of anilines is 1. The van der Waals surface area contributed by atoms with E-state index in [2.05, 4.69) is 35.4 Å². The van der Waals surface area contributed by atoms with Crippen molar-refractivity contribution in [3.8, 4) is 16.9 Å². The molecular formula is C22H26N6O2. The second-order valence-electron chi connectivity index (χ2n) is 7.37. The molecule has 1 aromatic carbocycles. The van der Waals surface area contributed by atoms with Gasteiger partial charge in [-0.25, -0.2) is 4.98 Å². The largest absolute Gasteiger partial charge is 0.497 e. The molecule has 3 aromatic heterocycles. The van der Waals surface area contributed by atoms with Crippen LogP contribution in [0.25, 0.3) is 16.8 Å². The van der Waals surface area contributed by atoms with Crippen molar-refractivity contribution in [1.29, 1.82) is 0 Å². The van der Waals surface area contributed by atoms with Crippen LogP contribution in [0.4, 0.5) is 5.82 Å². The predicted molar refractivity (Wildman–Crippen MR) is 115 cm³/mol.